The number of aromatic nitrogens is 2. The predicted molar refractivity (Wildman–Crippen MR) is 72.6 cm³/mol. The maximum atomic E-state index is 9.92. The lowest BCUT2D eigenvalue weighted by atomic mass is 10.1. The van der Waals surface area contributed by atoms with Crippen molar-refractivity contribution in [3.05, 3.63) is 42.7 Å². The monoisotopic (exact) mass is 252 g/mol. The molecule has 5 nitrogen and oxygen atoms in total. The van der Waals surface area contributed by atoms with Crippen LogP contribution in [-0.4, -0.2) is 14.7 Å². The van der Waals surface area contributed by atoms with E-state index in [1.54, 1.807) is 24.0 Å². The molecule has 0 aliphatic rings. The van der Waals surface area contributed by atoms with Gasteiger partial charge in [0.15, 0.2) is 5.69 Å². The molecule has 0 amide bonds. The lowest BCUT2D eigenvalue weighted by Crippen LogP contribution is -1.85. The first-order chi connectivity index (χ1) is 9.22. The molecule has 3 rings (SSSR count). The van der Waals surface area contributed by atoms with E-state index in [-0.39, 0.29) is 5.88 Å². The molecule has 2 N–H and O–H groups in total. The lowest BCUT2D eigenvalue weighted by molar-refractivity contribution is 0.436. The van der Waals surface area contributed by atoms with Crippen LogP contribution < -0.4 is 0 Å². The van der Waals surface area contributed by atoms with E-state index in [1.807, 2.05) is 30.3 Å². The lowest BCUT2D eigenvalue weighted by Gasteiger charge is -2.02. The summed E-state index contributed by atoms with van der Waals surface area (Å²) in [5.74, 6) is 0.0110. The third-order valence-corrected chi connectivity index (χ3v) is 3.27. The molecule has 0 unspecified atom stereocenters. The van der Waals surface area contributed by atoms with Gasteiger partial charge in [0.1, 0.15) is 0 Å². The summed E-state index contributed by atoms with van der Waals surface area (Å²) in [6, 6.07) is 9.66. The number of rotatable bonds is 2. The van der Waals surface area contributed by atoms with Gasteiger partial charge in [-0.2, -0.15) is 5.11 Å². The Morgan fingerprint density at radius 2 is 1.89 bits per heavy atom. The van der Waals surface area contributed by atoms with Crippen molar-refractivity contribution < 1.29 is 5.11 Å². The third kappa shape index (κ3) is 1.67. The Labute approximate surface area is 109 Å². The van der Waals surface area contributed by atoms with E-state index >= 15 is 0 Å². The maximum Gasteiger partial charge on any atom is 0.220 e. The summed E-state index contributed by atoms with van der Waals surface area (Å²) in [5, 5.41) is 14.1. The molecule has 0 spiro atoms. The van der Waals surface area contributed by atoms with Gasteiger partial charge in [-0.15, -0.1) is 0 Å². The van der Waals surface area contributed by atoms with Crippen molar-refractivity contribution in [1.29, 1.82) is 5.53 Å². The highest BCUT2D eigenvalue weighted by Crippen LogP contribution is 2.39. The van der Waals surface area contributed by atoms with Crippen LogP contribution in [0.4, 0.5) is 5.69 Å². The number of nitrogens with zero attached hydrogens (tertiary/aromatic N) is 3. The Hall–Kier alpha value is -2.69. The Kier molecular flexibility index (Phi) is 2.52. The van der Waals surface area contributed by atoms with Crippen LogP contribution in [0.5, 0.6) is 5.88 Å². The van der Waals surface area contributed by atoms with Crippen molar-refractivity contribution in [2.45, 2.75) is 0 Å². The molecular formula is C14H12N4O. The third-order valence-electron chi connectivity index (χ3n) is 3.27. The maximum absolute atomic E-state index is 9.92. The smallest absolute Gasteiger partial charge is 0.220 e. The van der Waals surface area contributed by atoms with Crippen LogP contribution in [0.25, 0.3) is 22.0 Å². The van der Waals surface area contributed by atoms with Gasteiger partial charge in [-0.1, -0.05) is 6.07 Å². The molecule has 0 saturated heterocycles. The molecule has 0 radical (unpaired) electrons. The van der Waals surface area contributed by atoms with E-state index in [1.165, 1.54) is 0 Å². The van der Waals surface area contributed by atoms with Crippen LogP contribution in [0.2, 0.25) is 0 Å². The number of benzene rings is 1. The Balaban J connectivity index is 2.29. The van der Waals surface area contributed by atoms with Crippen molar-refractivity contribution in [3.8, 4) is 17.0 Å². The molecule has 0 saturated carbocycles. The summed E-state index contributed by atoms with van der Waals surface area (Å²) in [6.45, 7) is 0. The summed E-state index contributed by atoms with van der Waals surface area (Å²) in [6.07, 6.45) is 3.47. The quantitative estimate of drug-likeness (QED) is 0.684. The zero-order chi connectivity index (χ0) is 13.4. The molecule has 1 aromatic carbocycles. The predicted octanol–water partition coefficient (Wildman–Crippen LogP) is 3.61. The second kappa shape index (κ2) is 4.20. The fourth-order valence-corrected chi connectivity index (χ4v) is 2.25. The van der Waals surface area contributed by atoms with Crippen molar-refractivity contribution >= 4 is 16.6 Å². The summed E-state index contributed by atoms with van der Waals surface area (Å²) < 4.78 is 1.62. The summed E-state index contributed by atoms with van der Waals surface area (Å²) in [5.41, 5.74) is 10.4. The van der Waals surface area contributed by atoms with Gasteiger partial charge in [0.25, 0.3) is 0 Å². The van der Waals surface area contributed by atoms with Gasteiger partial charge in [-0.25, -0.2) is 5.53 Å². The molecule has 0 bridgehead atoms. The second-order valence-corrected chi connectivity index (χ2v) is 4.31. The van der Waals surface area contributed by atoms with E-state index in [9.17, 15) is 5.11 Å². The number of pyridine rings is 1. The second-order valence-electron chi connectivity index (χ2n) is 4.31. The van der Waals surface area contributed by atoms with E-state index < -0.39 is 0 Å². The van der Waals surface area contributed by atoms with Crippen LogP contribution in [0, 0.1) is 5.53 Å². The zero-order valence-corrected chi connectivity index (χ0v) is 10.3. The molecule has 0 fully saturated rings. The van der Waals surface area contributed by atoms with Gasteiger partial charge in [0, 0.05) is 24.8 Å². The highest BCUT2D eigenvalue weighted by molar-refractivity contribution is 5.97. The molecule has 0 aliphatic heterocycles. The van der Waals surface area contributed by atoms with E-state index in [4.69, 9.17) is 5.53 Å². The normalized spacial score (nSPS) is 10.8. The summed E-state index contributed by atoms with van der Waals surface area (Å²) in [7, 11) is 1.75. The van der Waals surface area contributed by atoms with E-state index in [0.29, 0.717) is 5.69 Å². The van der Waals surface area contributed by atoms with Crippen LogP contribution in [0.15, 0.2) is 47.8 Å². The number of hydrogen-bond acceptors (Lipinski definition) is 4. The van der Waals surface area contributed by atoms with Crippen LogP contribution in [-0.2, 0) is 7.05 Å². The molecule has 5 heteroatoms. The van der Waals surface area contributed by atoms with Gasteiger partial charge in [-0.3, -0.25) is 4.98 Å². The van der Waals surface area contributed by atoms with Crippen molar-refractivity contribution in [2.24, 2.45) is 12.2 Å². The van der Waals surface area contributed by atoms with Gasteiger partial charge in [0.2, 0.25) is 5.88 Å². The van der Waals surface area contributed by atoms with E-state index in [2.05, 4.69) is 10.1 Å². The standard InChI is InChI=1S/C14H12N4O/c1-18-12-3-2-10(9-4-6-16-7-5-9)8-11(12)13(17-15)14(18)19/h2-8,15,19H,1H3. The minimum atomic E-state index is 0.0110. The number of aromatic hydroxyl groups is 1. The van der Waals surface area contributed by atoms with Gasteiger partial charge in [0.05, 0.1) is 5.52 Å². The molecule has 2 aromatic heterocycles. The number of nitrogens with one attached hydrogen (secondary N) is 1. The Morgan fingerprint density at radius 1 is 1.16 bits per heavy atom. The van der Waals surface area contributed by atoms with Crippen LogP contribution >= 0.6 is 0 Å². The molecule has 19 heavy (non-hydrogen) atoms. The van der Waals surface area contributed by atoms with Crippen molar-refractivity contribution in [2.75, 3.05) is 0 Å². The molecule has 0 atom stereocenters. The minimum Gasteiger partial charge on any atom is -0.493 e. The first-order valence-corrected chi connectivity index (χ1v) is 5.81. The number of fused-ring (bicyclic) bond motifs is 1. The highest BCUT2D eigenvalue weighted by atomic mass is 16.3. The van der Waals surface area contributed by atoms with Gasteiger partial charge in [-0.05, 0) is 35.4 Å². The molecular weight excluding hydrogens is 240 g/mol. The number of aryl methyl sites for hydroxylation is 1. The average molecular weight is 252 g/mol. The topological polar surface area (TPSA) is 74.3 Å². The first-order valence-electron chi connectivity index (χ1n) is 5.81. The van der Waals surface area contributed by atoms with Gasteiger partial charge < -0.3 is 9.67 Å². The first kappa shape index (κ1) is 11.4. The molecule has 2 heterocycles. The Bertz CT molecular complexity index is 762. The SMILES string of the molecule is Cn1c(O)c(N=N)c2cc(-c3ccncc3)ccc21. The van der Waals surface area contributed by atoms with Crippen LogP contribution in [0.1, 0.15) is 0 Å². The van der Waals surface area contributed by atoms with Crippen molar-refractivity contribution in [3.63, 3.8) is 0 Å². The highest BCUT2D eigenvalue weighted by Gasteiger charge is 2.14. The van der Waals surface area contributed by atoms with Crippen LogP contribution in [0.3, 0.4) is 0 Å². The van der Waals surface area contributed by atoms with Gasteiger partial charge >= 0.3 is 0 Å². The number of hydrogen-bond donors (Lipinski definition) is 2. The Morgan fingerprint density at radius 3 is 2.58 bits per heavy atom. The summed E-state index contributed by atoms with van der Waals surface area (Å²) >= 11 is 0. The van der Waals surface area contributed by atoms with Crippen molar-refractivity contribution in [1.82, 2.24) is 9.55 Å². The fourth-order valence-electron chi connectivity index (χ4n) is 2.25. The zero-order valence-electron chi connectivity index (χ0n) is 10.3. The van der Waals surface area contributed by atoms with E-state index in [0.717, 1.165) is 22.0 Å². The fraction of sp³-hybridized carbons (Fsp3) is 0.0714. The largest absolute Gasteiger partial charge is 0.493 e. The minimum absolute atomic E-state index is 0.0110. The summed E-state index contributed by atoms with van der Waals surface area (Å²) in [4.78, 5) is 3.99. The molecule has 0 aliphatic carbocycles. The molecule has 94 valence electrons. The molecule has 3 aromatic rings. The average Bonchev–Trinajstić information content (AvgIpc) is 2.71.